The first-order chi connectivity index (χ1) is 10.2. The lowest BCUT2D eigenvalue weighted by molar-refractivity contribution is 0.0950. The molecule has 5 nitrogen and oxygen atoms in total. The molecule has 0 bridgehead atoms. The Kier molecular flexibility index (Phi) is 6.56. The second kappa shape index (κ2) is 7.74. The van der Waals surface area contributed by atoms with Gasteiger partial charge in [-0.15, -0.1) is 0 Å². The van der Waals surface area contributed by atoms with E-state index in [1.807, 2.05) is 39.8 Å². The van der Waals surface area contributed by atoms with Crippen LogP contribution in [-0.2, 0) is 10.0 Å². The maximum Gasteiger partial charge on any atom is 0.251 e. The average Bonchev–Trinajstić information content (AvgIpc) is 2.44. The molecule has 0 aromatic heterocycles. The van der Waals surface area contributed by atoms with Crippen LogP contribution in [0.1, 0.15) is 41.8 Å². The Morgan fingerprint density at radius 3 is 2.41 bits per heavy atom. The average molecular weight is 326 g/mol. The highest BCUT2D eigenvalue weighted by Crippen LogP contribution is 2.10. The van der Waals surface area contributed by atoms with Crippen LogP contribution in [0.3, 0.4) is 0 Å². The van der Waals surface area contributed by atoms with Crippen LogP contribution in [0.5, 0.6) is 0 Å². The Balaban J connectivity index is 2.65. The Labute approximate surface area is 133 Å². The third kappa shape index (κ3) is 5.10. The number of sulfonamides is 1. The largest absolute Gasteiger partial charge is 0.351 e. The number of amides is 1. The van der Waals surface area contributed by atoms with Crippen molar-refractivity contribution >= 4 is 15.9 Å². The molecule has 1 amide bonds. The highest BCUT2D eigenvalue weighted by Gasteiger charge is 2.21. The van der Waals surface area contributed by atoms with E-state index in [2.05, 4.69) is 5.32 Å². The zero-order valence-electron chi connectivity index (χ0n) is 14.0. The van der Waals surface area contributed by atoms with E-state index in [0.29, 0.717) is 12.1 Å². The molecule has 0 aliphatic rings. The molecular formula is C16H26N2O3S. The number of nitrogens with zero attached hydrogens (tertiary/aromatic N) is 1. The molecule has 0 saturated heterocycles. The molecule has 124 valence electrons. The second-order valence-electron chi connectivity index (χ2n) is 5.69. The van der Waals surface area contributed by atoms with Gasteiger partial charge in [0.25, 0.3) is 5.91 Å². The van der Waals surface area contributed by atoms with E-state index < -0.39 is 10.0 Å². The number of nitrogens with one attached hydrogen (secondary N) is 1. The summed E-state index contributed by atoms with van der Waals surface area (Å²) in [7, 11) is -3.27. The van der Waals surface area contributed by atoms with E-state index in [9.17, 15) is 13.2 Å². The molecule has 1 aromatic carbocycles. The summed E-state index contributed by atoms with van der Waals surface area (Å²) in [5.41, 5.74) is 2.79. The van der Waals surface area contributed by atoms with Crippen LogP contribution in [-0.4, -0.2) is 44.0 Å². The minimum atomic E-state index is -3.27. The Morgan fingerprint density at radius 1 is 1.27 bits per heavy atom. The van der Waals surface area contributed by atoms with Gasteiger partial charge in [-0.05, 0) is 50.5 Å². The highest BCUT2D eigenvalue weighted by atomic mass is 32.2. The number of rotatable bonds is 7. The summed E-state index contributed by atoms with van der Waals surface area (Å²) in [5.74, 6) is -0.180. The van der Waals surface area contributed by atoms with Crippen molar-refractivity contribution in [3.05, 3.63) is 34.9 Å². The van der Waals surface area contributed by atoms with Crippen molar-refractivity contribution in [2.45, 2.75) is 40.2 Å². The molecule has 1 rings (SSSR count). The van der Waals surface area contributed by atoms with Gasteiger partial charge in [-0.2, -0.15) is 4.31 Å². The molecule has 0 aliphatic heterocycles. The standard InChI is InChI=1S/C16H26N2O3S/c1-6-14(4)18(22(5,20)21)10-9-17-16(19)15-8-7-12(2)13(3)11-15/h7-8,11,14H,6,9-10H2,1-5H3,(H,17,19). The lowest BCUT2D eigenvalue weighted by Crippen LogP contribution is -2.42. The predicted molar refractivity (Wildman–Crippen MR) is 89.6 cm³/mol. The fourth-order valence-electron chi connectivity index (χ4n) is 2.18. The van der Waals surface area contributed by atoms with Crippen LogP contribution in [0.25, 0.3) is 0 Å². The van der Waals surface area contributed by atoms with Crippen molar-refractivity contribution in [1.29, 1.82) is 0 Å². The van der Waals surface area contributed by atoms with Crippen LogP contribution in [0.15, 0.2) is 18.2 Å². The Bertz CT molecular complexity index is 626. The molecule has 1 N–H and O–H groups in total. The van der Waals surface area contributed by atoms with Gasteiger partial charge in [-0.25, -0.2) is 8.42 Å². The van der Waals surface area contributed by atoms with Crippen molar-refractivity contribution < 1.29 is 13.2 Å². The van der Waals surface area contributed by atoms with Gasteiger partial charge in [-0.1, -0.05) is 13.0 Å². The second-order valence-corrected chi connectivity index (χ2v) is 7.62. The smallest absolute Gasteiger partial charge is 0.251 e. The molecule has 1 unspecified atom stereocenters. The van der Waals surface area contributed by atoms with Gasteiger partial charge in [0.15, 0.2) is 0 Å². The first-order valence-corrected chi connectivity index (χ1v) is 9.34. The van der Waals surface area contributed by atoms with E-state index in [-0.39, 0.29) is 18.5 Å². The molecule has 22 heavy (non-hydrogen) atoms. The fraction of sp³-hybridized carbons (Fsp3) is 0.562. The van der Waals surface area contributed by atoms with E-state index in [0.717, 1.165) is 17.5 Å². The Morgan fingerprint density at radius 2 is 1.91 bits per heavy atom. The molecule has 0 radical (unpaired) electrons. The fourth-order valence-corrected chi connectivity index (χ4v) is 3.41. The van der Waals surface area contributed by atoms with Crippen molar-refractivity contribution in [1.82, 2.24) is 9.62 Å². The topological polar surface area (TPSA) is 66.5 Å². The molecule has 0 spiro atoms. The van der Waals surface area contributed by atoms with Crippen molar-refractivity contribution in [2.75, 3.05) is 19.3 Å². The molecule has 0 fully saturated rings. The third-order valence-electron chi connectivity index (χ3n) is 3.90. The number of carbonyl (C=O) groups excluding carboxylic acids is 1. The molecular weight excluding hydrogens is 300 g/mol. The third-order valence-corrected chi connectivity index (χ3v) is 5.29. The monoisotopic (exact) mass is 326 g/mol. The summed E-state index contributed by atoms with van der Waals surface area (Å²) >= 11 is 0. The normalized spacial score (nSPS) is 13.2. The molecule has 6 heteroatoms. The van der Waals surface area contributed by atoms with Crippen molar-refractivity contribution in [3.63, 3.8) is 0 Å². The number of carbonyl (C=O) groups is 1. The summed E-state index contributed by atoms with van der Waals surface area (Å²) in [6.07, 6.45) is 1.93. The summed E-state index contributed by atoms with van der Waals surface area (Å²) in [4.78, 5) is 12.1. The van der Waals surface area contributed by atoms with Gasteiger partial charge in [0.1, 0.15) is 0 Å². The number of aryl methyl sites for hydroxylation is 2. The van der Waals surface area contributed by atoms with Crippen molar-refractivity contribution in [3.8, 4) is 0 Å². The first kappa shape index (κ1) is 18.6. The summed E-state index contributed by atoms with van der Waals surface area (Å²) in [6.45, 7) is 8.34. The maximum absolute atomic E-state index is 12.1. The van der Waals surface area contributed by atoms with Crippen molar-refractivity contribution in [2.24, 2.45) is 0 Å². The SMILES string of the molecule is CCC(C)N(CCNC(=O)c1ccc(C)c(C)c1)S(C)(=O)=O. The lowest BCUT2D eigenvalue weighted by Gasteiger charge is -2.26. The minimum absolute atomic E-state index is 0.0754. The van der Waals surface area contributed by atoms with Gasteiger partial charge in [0.2, 0.25) is 10.0 Å². The highest BCUT2D eigenvalue weighted by molar-refractivity contribution is 7.88. The summed E-state index contributed by atoms with van der Waals surface area (Å²) in [5, 5.41) is 2.78. The molecule has 1 atom stereocenters. The zero-order chi connectivity index (χ0) is 16.9. The molecule has 0 aliphatic carbocycles. The van der Waals surface area contributed by atoms with Crippen LogP contribution in [0, 0.1) is 13.8 Å². The molecule has 0 saturated carbocycles. The number of hydrogen-bond donors (Lipinski definition) is 1. The maximum atomic E-state index is 12.1. The predicted octanol–water partition coefficient (Wildman–Crippen LogP) is 2.09. The quantitative estimate of drug-likeness (QED) is 0.834. The Hall–Kier alpha value is -1.40. The lowest BCUT2D eigenvalue weighted by atomic mass is 10.1. The summed E-state index contributed by atoms with van der Waals surface area (Å²) < 4.78 is 25.0. The van der Waals surface area contributed by atoms with Gasteiger partial charge < -0.3 is 5.32 Å². The van der Waals surface area contributed by atoms with Crippen LogP contribution in [0.4, 0.5) is 0 Å². The van der Waals surface area contributed by atoms with Crippen LogP contribution in [0.2, 0.25) is 0 Å². The number of hydrogen-bond acceptors (Lipinski definition) is 3. The first-order valence-electron chi connectivity index (χ1n) is 7.49. The number of benzene rings is 1. The molecule has 0 heterocycles. The van der Waals surface area contributed by atoms with Gasteiger partial charge in [0.05, 0.1) is 6.26 Å². The van der Waals surface area contributed by atoms with Gasteiger partial charge in [-0.3, -0.25) is 4.79 Å². The van der Waals surface area contributed by atoms with E-state index >= 15 is 0 Å². The van der Waals surface area contributed by atoms with Gasteiger partial charge >= 0.3 is 0 Å². The zero-order valence-corrected chi connectivity index (χ0v) is 14.8. The van der Waals surface area contributed by atoms with E-state index in [4.69, 9.17) is 0 Å². The summed E-state index contributed by atoms with van der Waals surface area (Å²) in [6, 6.07) is 5.45. The van der Waals surface area contributed by atoms with Crippen LogP contribution < -0.4 is 5.32 Å². The van der Waals surface area contributed by atoms with E-state index in [1.165, 1.54) is 10.6 Å². The minimum Gasteiger partial charge on any atom is -0.351 e. The van der Waals surface area contributed by atoms with E-state index in [1.54, 1.807) is 6.07 Å². The molecule has 1 aromatic rings. The van der Waals surface area contributed by atoms with Gasteiger partial charge in [0, 0.05) is 24.7 Å². The van der Waals surface area contributed by atoms with Crippen LogP contribution >= 0.6 is 0 Å².